The normalized spacial score (nSPS) is 26.1. The third kappa shape index (κ3) is 5.14. The van der Waals surface area contributed by atoms with Crippen LogP contribution in [0.3, 0.4) is 0 Å². The summed E-state index contributed by atoms with van der Waals surface area (Å²) >= 11 is 0. The van der Waals surface area contributed by atoms with E-state index in [1.807, 2.05) is 18.7 Å². The number of carbonyl (C=O) groups excluding carboxylic acids is 1. The lowest BCUT2D eigenvalue weighted by atomic mass is 10.3. The number of carbonyl (C=O) groups is 1. The largest absolute Gasteiger partial charge is 0.376 e. The van der Waals surface area contributed by atoms with Crippen molar-refractivity contribution >= 4 is 11.9 Å². The van der Waals surface area contributed by atoms with Crippen molar-refractivity contribution in [2.24, 2.45) is 4.99 Å². The smallest absolute Gasteiger partial charge is 0.222 e. The quantitative estimate of drug-likeness (QED) is 0.551. The Morgan fingerprint density at radius 1 is 1.36 bits per heavy atom. The van der Waals surface area contributed by atoms with E-state index in [4.69, 9.17) is 9.47 Å². The van der Waals surface area contributed by atoms with Crippen LogP contribution in [0.2, 0.25) is 0 Å². The fourth-order valence-corrected chi connectivity index (χ4v) is 2.68. The molecule has 2 saturated heterocycles. The van der Waals surface area contributed by atoms with Crippen LogP contribution in [0.5, 0.6) is 0 Å². The Hall–Kier alpha value is -1.34. The van der Waals surface area contributed by atoms with Crippen LogP contribution in [-0.2, 0) is 14.3 Å². The summed E-state index contributed by atoms with van der Waals surface area (Å²) in [7, 11) is 0. The van der Waals surface area contributed by atoms with Gasteiger partial charge in [0.25, 0.3) is 0 Å². The summed E-state index contributed by atoms with van der Waals surface area (Å²) in [5, 5.41) is 6.66. The number of rotatable bonds is 5. The molecule has 0 radical (unpaired) electrons. The molecule has 2 aliphatic rings. The van der Waals surface area contributed by atoms with Crippen molar-refractivity contribution in [2.45, 2.75) is 38.8 Å². The van der Waals surface area contributed by atoms with Crippen molar-refractivity contribution in [1.29, 1.82) is 0 Å². The zero-order valence-corrected chi connectivity index (χ0v) is 13.6. The van der Waals surface area contributed by atoms with Gasteiger partial charge in [-0.15, -0.1) is 0 Å². The third-order valence-electron chi connectivity index (χ3n) is 3.87. The predicted octanol–water partition coefficient (Wildman–Crippen LogP) is -0.0322. The molecule has 2 aliphatic heterocycles. The molecule has 2 unspecified atom stereocenters. The molecule has 2 N–H and O–H groups in total. The summed E-state index contributed by atoms with van der Waals surface area (Å²) in [4.78, 5) is 18.2. The minimum Gasteiger partial charge on any atom is -0.376 e. The first-order valence-electron chi connectivity index (χ1n) is 8.24. The van der Waals surface area contributed by atoms with E-state index in [1.54, 1.807) is 0 Å². The number of amides is 1. The number of nitrogens with one attached hydrogen (secondary N) is 2. The second kappa shape index (κ2) is 8.95. The second-order valence-corrected chi connectivity index (χ2v) is 5.61. The highest BCUT2D eigenvalue weighted by atomic mass is 16.6. The average molecular weight is 312 g/mol. The van der Waals surface area contributed by atoms with Gasteiger partial charge in [-0.2, -0.15) is 0 Å². The van der Waals surface area contributed by atoms with Gasteiger partial charge in [0, 0.05) is 32.1 Å². The Labute approximate surface area is 132 Å². The van der Waals surface area contributed by atoms with Crippen LogP contribution in [0.25, 0.3) is 0 Å². The minimum absolute atomic E-state index is 0.0333. The van der Waals surface area contributed by atoms with Gasteiger partial charge in [-0.25, -0.2) is 0 Å². The van der Waals surface area contributed by atoms with Gasteiger partial charge in [0.15, 0.2) is 5.96 Å². The number of aliphatic imine (C=N–C) groups is 1. The van der Waals surface area contributed by atoms with Crippen LogP contribution in [0, 0.1) is 0 Å². The van der Waals surface area contributed by atoms with E-state index >= 15 is 0 Å². The average Bonchev–Trinajstić information content (AvgIpc) is 3.01. The van der Waals surface area contributed by atoms with Crippen molar-refractivity contribution < 1.29 is 14.3 Å². The second-order valence-electron chi connectivity index (χ2n) is 5.61. The lowest BCUT2D eigenvalue weighted by Gasteiger charge is -2.22. The zero-order valence-electron chi connectivity index (χ0n) is 13.6. The molecule has 7 nitrogen and oxygen atoms in total. The molecule has 0 spiro atoms. The number of likely N-dealkylation sites (tertiary alicyclic amines) is 1. The Morgan fingerprint density at radius 2 is 2.23 bits per heavy atom. The first-order chi connectivity index (χ1) is 10.7. The minimum atomic E-state index is 0.0333. The van der Waals surface area contributed by atoms with E-state index in [9.17, 15) is 4.79 Å². The summed E-state index contributed by atoms with van der Waals surface area (Å²) in [6.45, 7) is 8.81. The lowest BCUT2D eigenvalue weighted by Crippen LogP contribution is -2.45. The highest BCUT2D eigenvalue weighted by molar-refractivity contribution is 5.80. The summed E-state index contributed by atoms with van der Waals surface area (Å²) in [5.74, 6) is 1.01. The topological polar surface area (TPSA) is 75.2 Å². The van der Waals surface area contributed by atoms with Crippen LogP contribution in [0.15, 0.2) is 4.99 Å². The number of hydrogen-bond donors (Lipinski definition) is 2. The van der Waals surface area contributed by atoms with E-state index in [-0.39, 0.29) is 18.1 Å². The fourth-order valence-electron chi connectivity index (χ4n) is 2.68. The van der Waals surface area contributed by atoms with Crippen LogP contribution in [-0.4, -0.2) is 74.9 Å². The predicted molar refractivity (Wildman–Crippen MR) is 84.9 cm³/mol. The van der Waals surface area contributed by atoms with E-state index in [0.29, 0.717) is 32.8 Å². The molecule has 2 fully saturated rings. The Balaban J connectivity index is 1.81. The molecule has 2 atom stereocenters. The maximum atomic E-state index is 11.7. The van der Waals surface area contributed by atoms with E-state index in [0.717, 1.165) is 32.0 Å². The summed E-state index contributed by atoms with van der Waals surface area (Å²) < 4.78 is 11.0. The molecule has 2 rings (SSSR count). The van der Waals surface area contributed by atoms with Gasteiger partial charge in [-0.1, -0.05) is 6.92 Å². The number of nitrogens with zero attached hydrogens (tertiary/aromatic N) is 2. The number of ether oxygens (including phenoxy) is 2. The van der Waals surface area contributed by atoms with Crippen LogP contribution in [0.4, 0.5) is 0 Å². The van der Waals surface area contributed by atoms with Crippen molar-refractivity contribution in [3.05, 3.63) is 0 Å². The Morgan fingerprint density at radius 3 is 2.91 bits per heavy atom. The number of guanidine groups is 1. The molecular weight excluding hydrogens is 284 g/mol. The highest BCUT2D eigenvalue weighted by Gasteiger charge is 2.25. The van der Waals surface area contributed by atoms with Gasteiger partial charge >= 0.3 is 0 Å². The molecule has 0 saturated carbocycles. The zero-order chi connectivity index (χ0) is 15.8. The molecule has 0 aromatic carbocycles. The maximum Gasteiger partial charge on any atom is 0.222 e. The van der Waals surface area contributed by atoms with Gasteiger partial charge in [-0.3, -0.25) is 9.79 Å². The fraction of sp³-hybridized carbons (Fsp3) is 0.867. The monoisotopic (exact) mass is 312 g/mol. The maximum absolute atomic E-state index is 11.7. The highest BCUT2D eigenvalue weighted by Crippen LogP contribution is 2.10. The van der Waals surface area contributed by atoms with Crippen molar-refractivity contribution in [3.8, 4) is 0 Å². The van der Waals surface area contributed by atoms with Crippen LogP contribution < -0.4 is 10.6 Å². The first-order valence-corrected chi connectivity index (χ1v) is 8.24. The molecule has 0 aromatic heterocycles. The summed E-state index contributed by atoms with van der Waals surface area (Å²) in [6.07, 6.45) is 1.56. The molecule has 22 heavy (non-hydrogen) atoms. The summed E-state index contributed by atoms with van der Waals surface area (Å²) in [6, 6.07) is 0.261. The molecule has 7 heteroatoms. The van der Waals surface area contributed by atoms with Gasteiger partial charge in [0.1, 0.15) is 6.10 Å². The van der Waals surface area contributed by atoms with Gasteiger partial charge in [-0.05, 0) is 13.3 Å². The van der Waals surface area contributed by atoms with Crippen LogP contribution in [0.1, 0.15) is 26.7 Å². The van der Waals surface area contributed by atoms with Gasteiger partial charge in [0.2, 0.25) is 5.91 Å². The molecule has 126 valence electrons. The third-order valence-corrected chi connectivity index (χ3v) is 3.87. The van der Waals surface area contributed by atoms with E-state index in [1.165, 1.54) is 0 Å². The van der Waals surface area contributed by atoms with E-state index in [2.05, 4.69) is 15.6 Å². The van der Waals surface area contributed by atoms with Gasteiger partial charge in [0.05, 0.1) is 26.4 Å². The summed E-state index contributed by atoms with van der Waals surface area (Å²) in [5.41, 5.74) is 0. The molecule has 0 aromatic rings. The standard InChI is InChI=1S/C15H28N4O3/c1-3-14(20)19-6-5-12(10-19)18-15(16-4-2)17-9-13-11-21-7-8-22-13/h12-13H,3-11H2,1-2H3,(H2,16,17,18). The molecular formula is C15H28N4O3. The van der Waals surface area contributed by atoms with Crippen LogP contribution >= 0.6 is 0 Å². The van der Waals surface area contributed by atoms with Crippen molar-refractivity contribution in [3.63, 3.8) is 0 Å². The molecule has 1 amide bonds. The molecule has 0 aliphatic carbocycles. The SMILES string of the molecule is CCNC(=NCC1COCCO1)NC1CCN(C(=O)CC)C1. The van der Waals surface area contributed by atoms with E-state index < -0.39 is 0 Å². The first kappa shape index (κ1) is 17.0. The molecule has 0 bridgehead atoms. The molecule has 2 heterocycles. The van der Waals surface area contributed by atoms with Crippen molar-refractivity contribution in [1.82, 2.24) is 15.5 Å². The number of hydrogen-bond acceptors (Lipinski definition) is 4. The lowest BCUT2D eigenvalue weighted by molar-refractivity contribution is -0.129. The Kier molecular flexibility index (Phi) is 6.92. The van der Waals surface area contributed by atoms with Gasteiger partial charge < -0.3 is 25.0 Å². The van der Waals surface area contributed by atoms with Crippen molar-refractivity contribution in [2.75, 3.05) is 46.0 Å². The Bertz CT molecular complexity index is 383.